The highest BCUT2D eigenvalue weighted by Gasteiger charge is 2.23. The van der Waals surface area contributed by atoms with E-state index in [2.05, 4.69) is 14.6 Å². The number of hydrogen-bond acceptors (Lipinski definition) is 2. The van der Waals surface area contributed by atoms with Gasteiger partial charge in [-0.2, -0.15) is 5.10 Å². The minimum atomic E-state index is 0.473. The summed E-state index contributed by atoms with van der Waals surface area (Å²) in [5, 5.41) is 4.43. The van der Waals surface area contributed by atoms with E-state index in [-0.39, 0.29) is 0 Å². The van der Waals surface area contributed by atoms with Crippen molar-refractivity contribution in [3.63, 3.8) is 0 Å². The van der Waals surface area contributed by atoms with E-state index in [1.54, 1.807) is 0 Å². The quantitative estimate of drug-likeness (QED) is 0.788. The van der Waals surface area contributed by atoms with Crippen molar-refractivity contribution in [3.05, 3.63) is 11.5 Å². The number of nitrogens with zero attached hydrogens (tertiary/aromatic N) is 4. The fraction of sp³-hybridized carbons (Fsp3) is 0.667. The third-order valence-electron chi connectivity index (χ3n) is 3.75. The summed E-state index contributed by atoms with van der Waals surface area (Å²) in [6.07, 6.45) is 4.03. The molecule has 0 aliphatic heterocycles. The largest absolute Gasteiger partial charge is 0.312 e. The molecular weight excluding hydrogens is 236 g/mol. The molecule has 0 spiro atoms. The summed E-state index contributed by atoms with van der Waals surface area (Å²) in [7, 11) is 1.98. The number of halogens is 1. The van der Waals surface area contributed by atoms with E-state index < -0.39 is 0 Å². The highest BCUT2D eigenvalue weighted by molar-refractivity contribution is 6.16. The normalized spacial score (nSPS) is 16.6. The second kappa shape index (κ2) is 4.02. The molecule has 1 aliphatic carbocycles. The van der Waals surface area contributed by atoms with Crippen molar-refractivity contribution in [2.75, 3.05) is 0 Å². The van der Waals surface area contributed by atoms with Gasteiger partial charge in [0.05, 0.1) is 11.6 Å². The van der Waals surface area contributed by atoms with Gasteiger partial charge in [0, 0.05) is 13.6 Å². The molecule has 2 aromatic rings. The molecule has 92 valence electrons. The van der Waals surface area contributed by atoms with Crippen molar-refractivity contribution in [2.24, 2.45) is 13.0 Å². The van der Waals surface area contributed by atoms with Crippen LogP contribution >= 0.6 is 11.6 Å². The predicted octanol–water partition coefficient (Wildman–Crippen LogP) is 2.62. The molecule has 0 unspecified atom stereocenters. The zero-order chi connectivity index (χ0) is 12.0. The Bertz CT molecular complexity index is 550. The van der Waals surface area contributed by atoms with E-state index in [9.17, 15) is 0 Å². The summed E-state index contributed by atoms with van der Waals surface area (Å²) < 4.78 is 4.18. The summed E-state index contributed by atoms with van der Waals surface area (Å²) in [5.74, 6) is 2.25. The summed E-state index contributed by atoms with van der Waals surface area (Å²) >= 11 is 6.00. The van der Waals surface area contributed by atoms with E-state index in [0.29, 0.717) is 5.88 Å². The van der Waals surface area contributed by atoms with Gasteiger partial charge in [-0.15, -0.1) is 11.6 Å². The molecule has 2 heterocycles. The first kappa shape index (κ1) is 11.1. The third kappa shape index (κ3) is 1.66. The minimum Gasteiger partial charge on any atom is -0.312 e. The standard InChI is InChI=1S/C12H17ClN4/c1-8-11-12(16(2)15-8)17(10(6-13)14-11)7-9-4-3-5-9/h9H,3-7H2,1-2H3. The molecule has 0 bridgehead atoms. The first-order chi connectivity index (χ1) is 8.20. The Kier molecular flexibility index (Phi) is 2.62. The molecule has 17 heavy (non-hydrogen) atoms. The van der Waals surface area contributed by atoms with Crippen LogP contribution < -0.4 is 0 Å². The van der Waals surface area contributed by atoms with Crippen molar-refractivity contribution >= 4 is 22.8 Å². The van der Waals surface area contributed by atoms with E-state index in [4.69, 9.17) is 11.6 Å². The zero-order valence-corrected chi connectivity index (χ0v) is 11.0. The van der Waals surface area contributed by atoms with Gasteiger partial charge in [0.2, 0.25) is 0 Å². The van der Waals surface area contributed by atoms with Gasteiger partial charge in [-0.3, -0.25) is 4.68 Å². The summed E-state index contributed by atoms with van der Waals surface area (Å²) in [6, 6.07) is 0. The molecule has 5 heteroatoms. The molecule has 0 radical (unpaired) electrons. The van der Waals surface area contributed by atoms with Crippen molar-refractivity contribution < 1.29 is 0 Å². The average Bonchev–Trinajstić information content (AvgIpc) is 2.73. The van der Waals surface area contributed by atoms with Gasteiger partial charge >= 0.3 is 0 Å². The van der Waals surface area contributed by atoms with Crippen molar-refractivity contribution in [1.82, 2.24) is 19.3 Å². The van der Waals surface area contributed by atoms with Crippen LogP contribution in [-0.4, -0.2) is 19.3 Å². The van der Waals surface area contributed by atoms with Crippen LogP contribution in [0.5, 0.6) is 0 Å². The van der Waals surface area contributed by atoms with E-state index in [0.717, 1.165) is 35.1 Å². The van der Waals surface area contributed by atoms with Gasteiger partial charge < -0.3 is 4.57 Å². The molecular formula is C12H17ClN4. The zero-order valence-electron chi connectivity index (χ0n) is 10.3. The lowest BCUT2D eigenvalue weighted by Gasteiger charge is -2.26. The maximum absolute atomic E-state index is 6.00. The Labute approximate surface area is 106 Å². The van der Waals surface area contributed by atoms with Crippen LogP contribution in [0.4, 0.5) is 0 Å². The third-order valence-corrected chi connectivity index (χ3v) is 3.99. The van der Waals surface area contributed by atoms with Crippen molar-refractivity contribution in [1.29, 1.82) is 0 Å². The summed E-state index contributed by atoms with van der Waals surface area (Å²) in [5.41, 5.74) is 3.11. The molecule has 0 atom stereocenters. The Morgan fingerprint density at radius 1 is 1.41 bits per heavy atom. The van der Waals surface area contributed by atoms with Gasteiger partial charge in [-0.05, 0) is 25.7 Å². The topological polar surface area (TPSA) is 35.6 Å². The summed E-state index contributed by atoms with van der Waals surface area (Å²) in [6.45, 7) is 3.04. The Morgan fingerprint density at radius 2 is 2.18 bits per heavy atom. The number of aromatic nitrogens is 4. The van der Waals surface area contributed by atoms with Gasteiger partial charge in [0.15, 0.2) is 5.65 Å². The van der Waals surface area contributed by atoms with Gasteiger partial charge in [-0.25, -0.2) is 4.98 Å². The number of fused-ring (bicyclic) bond motifs is 1. The second-order valence-electron chi connectivity index (χ2n) is 4.95. The number of hydrogen-bond donors (Lipinski definition) is 0. The Morgan fingerprint density at radius 3 is 2.76 bits per heavy atom. The number of imidazole rings is 1. The van der Waals surface area contributed by atoms with E-state index >= 15 is 0 Å². The second-order valence-corrected chi connectivity index (χ2v) is 5.22. The summed E-state index contributed by atoms with van der Waals surface area (Å²) in [4.78, 5) is 4.61. The van der Waals surface area contributed by atoms with Gasteiger partial charge in [0.1, 0.15) is 11.3 Å². The molecule has 0 amide bonds. The Balaban J connectivity index is 2.10. The monoisotopic (exact) mass is 252 g/mol. The lowest BCUT2D eigenvalue weighted by Crippen LogP contribution is -2.20. The maximum Gasteiger partial charge on any atom is 0.158 e. The lowest BCUT2D eigenvalue weighted by atomic mass is 9.85. The van der Waals surface area contributed by atoms with Gasteiger partial charge in [0.25, 0.3) is 0 Å². The van der Waals surface area contributed by atoms with Crippen molar-refractivity contribution in [3.8, 4) is 0 Å². The van der Waals surface area contributed by atoms with Gasteiger partial charge in [-0.1, -0.05) is 6.42 Å². The first-order valence-corrected chi connectivity index (χ1v) is 6.69. The molecule has 1 aliphatic rings. The van der Waals surface area contributed by atoms with Crippen LogP contribution in [0.3, 0.4) is 0 Å². The number of alkyl halides is 1. The van der Waals surface area contributed by atoms with Crippen molar-refractivity contribution in [2.45, 2.75) is 38.6 Å². The van der Waals surface area contributed by atoms with Crippen LogP contribution in [0.25, 0.3) is 11.2 Å². The molecule has 4 nitrogen and oxygen atoms in total. The molecule has 3 rings (SSSR count). The maximum atomic E-state index is 6.00. The Hall–Kier alpha value is -1.03. The SMILES string of the molecule is Cc1nn(C)c2c1nc(CCl)n2CC1CCC1. The molecule has 0 saturated heterocycles. The van der Waals surface area contributed by atoms with Crippen LogP contribution in [-0.2, 0) is 19.5 Å². The first-order valence-electron chi connectivity index (χ1n) is 6.15. The number of rotatable bonds is 3. The van der Waals surface area contributed by atoms with Crippen LogP contribution in [0.15, 0.2) is 0 Å². The van der Waals surface area contributed by atoms with E-state index in [1.807, 2.05) is 18.7 Å². The molecule has 1 fully saturated rings. The molecule has 0 aromatic carbocycles. The fourth-order valence-corrected chi connectivity index (χ4v) is 2.81. The van der Waals surface area contributed by atoms with Crippen LogP contribution in [0.1, 0.15) is 30.8 Å². The minimum absolute atomic E-state index is 0.473. The van der Waals surface area contributed by atoms with E-state index in [1.165, 1.54) is 19.3 Å². The highest BCUT2D eigenvalue weighted by Crippen LogP contribution is 2.30. The predicted molar refractivity (Wildman–Crippen MR) is 68.1 cm³/mol. The van der Waals surface area contributed by atoms with Crippen LogP contribution in [0, 0.1) is 12.8 Å². The average molecular weight is 253 g/mol. The lowest BCUT2D eigenvalue weighted by molar-refractivity contribution is 0.276. The highest BCUT2D eigenvalue weighted by atomic mass is 35.5. The smallest absolute Gasteiger partial charge is 0.158 e. The molecule has 1 saturated carbocycles. The number of aryl methyl sites for hydroxylation is 2. The van der Waals surface area contributed by atoms with Crippen LogP contribution in [0.2, 0.25) is 0 Å². The fourth-order valence-electron chi connectivity index (χ4n) is 2.61. The molecule has 0 N–H and O–H groups in total. The molecule has 2 aromatic heterocycles.